The third-order valence-electron chi connectivity index (χ3n) is 3.15. The summed E-state index contributed by atoms with van der Waals surface area (Å²) >= 11 is 0. The van der Waals surface area contributed by atoms with Gasteiger partial charge in [0.05, 0.1) is 12.4 Å². The maximum absolute atomic E-state index is 11.8. The van der Waals surface area contributed by atoms with Crippen molar-refractivity contribution in [2.75, 3.05) is 19.9 Å². The molecule has 0 aromatic rings. The quantitative estimate of drug-likeness (QED) is 0.716. The zero-order valence-corrected chi connectivity index (χ0v) is 10.8. The zero-order chi connectivity index (χ0) is 12.4. The minimum Gasteiger partial charge on any atom is -0.468 e. The van der Waals surface area contributed by atoms with E-state index < -0.39 is 26.6 Å². The van der Waals surface area contributed by atoms with E-state index in [1.807, 2.05) is 6.92 Å². The smallest absolute Gasteiger partial charge is 0.327 e. The van der Waals surface area contributed by atoms with Crippen molar-refractivity contribution in [1.29, 1.82) is 0 Å². The number of carbonyl (C=O) groups excluding carboxylic acids is 1. The minimum absolute atomic E-state index is 0.470. The average Bonchev–Trinajstić information content (AvgIpc) is 2.61. The van der Waals surface area contributed by atoms with Crippen LogP contribution in [0, 0.1) is 0 Å². The van der Waals surface area contributed by atoms with Gasteiger partial charge in [0.1, 0.15) is 5.54 Å². The fourth-order valence-corrected chi connectivity index (χ4v) is 4.18. The van der Waals surface area contributed by atoms with E-state index in [2.05, 4.69) is 5.32 Å². The molecule has 1 aliphatic rings. The van der Waals surface area contributed by atoms with E-state index in [9.17, 15) is 13.2 Å². The largest absolute Gasteiger partial charge is 0.468 e. The number of methoxy groups -OCH3 is 1. The monoisotopic (exact) mass is 249 g/mol. The normalized spacial score (nSPS) is 30.3. The third kappa shape index (κ3) is 2.22. The summed E-state index contributed by atoms with van der Waals surface area (Å²) in [6, 6.07) is 0. The van der Waals surface area contributed by atoms with Crippen LogP contribution in [0.3, 0.4) is 0 Å². The molecule has 0 amide bonds. The summed E-state index contributed by atoms with van der Waals surface area (Å²) in [7, 11) is -1.96. The number of sulfone groups is 1. The van der Waals surface area contributed by atoms with Gasteiger partial charge >= 0.3 is 5.97 Å². The molecule has 0 aromatic heterocycles. The van der Waals surface area contributed by atoms with E-state index in [0.717, 1.165) is 6.42 Å². The van der Waals surface area contributed by atoms with Crippen LogP contribution in [0.5, 0.6) is 0 Å². The van der Waals surface area contributed by atoms with Crippen LogP contribution in [0.2, 0.25) is 0 Å². The molecule has 16 heavy (non-hydrogen) atoms. The molecule has 0 heterocycles. The first-order valence-electron chi connectivity index (χ1n) is 5.40. The van der Waals surface area contributed by atoms with E-state index >= 15 is 0 Å². The molecule has 0 saturated heterocycles. The van der Waals surface area contributed by atoms with Crippen molar-refractivity contribution in [1.82, 2.24) is 5.32 Å². The van der Waals surface area contributed by atoms with Crippen molar-refractivity contribution in [3.8, 4) is 0 Å². The standard InChI is InChI=1S/C10H19NO4S/c1-4-11-10(9(12)15-2)7-5-6-8(10)16(3,13)14/h8,11H,4-7H2,1-3H3. The first-order valence-corrected chi connectivity index (χ1v) is 7.36. The number of nitrogens with one attached hydrogen (secondary N) is 1. The van der Waals surface area contributed by atoms with E-state index in [4.69, 9.17) is 4.74 Å². The fourth-order valence-electron chi connectivity index (χ4n) is 2.56. The highest BCUT2D eigenvalue weighted by Crippen LogP contribution is 2.35. The highest BCUT2D eigenvalue weighted by atomic mass is 32.2. The Bertz CT molecular complexity index is 365. The first-order chi connectivity index (χ1) is 7.38. The number of likely N-dealkylation sites (N-methyl/N-ethyl adjacent to an activating group) is 1. The van der Waals surface area contributed by atoms with Gasteiger partial charge in [-0.05, 0) is 25.8 Å². The molecule has 1 rings (SSSR count). The van der Waals surface area contributed by atoms with Crippen LogP contribution in [0.4, 0.5) is 0 Å². The molecule has 1 aliphatic carbocycles. The Kier molecular flexibility index (Phi) is 3.96. The van der Waals surface area contributed by atoms with Gasteiger partial charge in [-0.3, -0.25) is 4.79 Å². The topological polar surface area (TPSA) is 72.5 Å². The van der Waals surface area contributed by atoms with Gasteiger partial charge in [-0.25, -0.2) is 8.42 Å². The highest BCUT2D eigenvalue weighted by molar-refractivity contribution is 7.91. The molecule has 94 valence electrons. The van der Waals surface area contributed by atoms with Crippen LogP contribution < -0.4 is 5.32 Å². The highest BCUT2D eigenvalue weighted by Gasteiger charge is 2.53. The summed E-state index contributed by atoms with van der Waals surface area (Å²) in [5.41, 5.74) is -1.04. The van der Waals surface area contributed by atoms with E-state index in [-0.39, 0.29) is 0 Å². The van der Waals surface area contributed by atoms with Gasteiger partial charge in [0.15, 0.2) is 9.84 Å². The van der Waals surface area contributed by atoms with Gasteiger partial charge in [0.25, 0.3) is 0 Å². The maximum Gasteiger partial charge on any atom is 0.327 e. The zero-order valence-electron chi connectivity index (χ0n) is 9.95. The average molecular weight is 249 g/mol. The predicted molar refractivity (Wildman–Crippen MR) is 60.9 cm³/mol. The third-order valence-corrected chi connectivity index (χ3v) is 4.82. The Hall–Kier alpha value is -0.620. The lowest BCUT2D eigenvalue weighted by Gasteiger charge is -2.32. The van der Waals surface area contributed by atoms with Gasteiger partial charge in [0.2, 0.25) is 0 Å². The first kappa shape index (κ1) is 13.4. The van der Waals surface area contributed by atoms with Crippen molar-refractivity contribution in [3.63, 3.8) is 0 Å². The second-order valence-corrected chi connectivity index (χ2v) is 6.43. The predicted octanol–water partition coefficient (Wildman–Crippen LogP) is 0.105. The molecule has 0 aromatic carbocycles. The summed E-state index contributed by atoms with van der Waals surface area (Å²) in [5.74, 6) is -0.470. The van der Waals surface area contributed by atoms with Gasteiger partial charge in [-0.2, -0.15) is 0 Å². The SMILES string of the molecule is CCNC1(C(=O)OC)CCCC1S(C)(=O)=O. The number of rotatable bonds is 4. The second kappa shape index (κ2) is 4.71. The van der Waals surface area contributed by atoms with E-state index in [1.54, 1.807) is 0 Å². The van der Waals surface area contributed by atoms with Crippen LogP contribution >= 0.6 is 0 Å². The van der Waals surface area contributed by atoms with Crippen LogP contribution in [0.15, 0.2) is 0 Å². The molecule has 0 radical (unpaired) electrons. The molecule has 1 N–H and O–H groups in total. The van der Waals surface area contributed by atoms with Gasteiger partial charge in [0, 0.05) is 6.26 Å². The van der Waals surface area contributed by atoms with Crippen LogP contribution in [-0.4, -0.2) is 45.1 Å². The van der Waals surface area contributed by atoms with E-state index in [0.29, 0.717) is 19.4 Å². The lowest BCUT2D eigenvalue weighted by molar-refractivity contribution is -0.148. The molecule has 2 unspecified atom stereocenters. The molecular formula is C10H19NO4S. The Labute approximate surface area is 96.5 Å². The van der Waals surface area contributed by atoms with Crippen LogP contribution in [-0.2, 0) is 19.4 Å². The molecule has 2 atom stereocenters. The minimum atomic E-state index is -3.25. The molecule has 1 fully saturated rings. The van der Waals surface area contributed by atoms with Crippen LogP contribution in [0.1, 0.15) is 26.2 Å². The molecule has 0 spiro atoms. The number of carbonyl (C=O) groups is 1. The van der Waals surface area contributed by atoms with Crippen molar-refractivity contribution in [2.24, 2.45) is 0 Å². The number of hydrogen-bond acceptors (Lipinski definition) is 5. The molecule has 0 bridgehead atoms. The maximum atomic E-state index is 11.8. The number of esters is 1. The molecule has 1 saturated carbocycles. The van der Waals surface area contributed by atoms with E-state index in [1.165, 1.54) is 13.4 Å². The summed E-state index contributed by atoms with van der Waals surface area (Å²) in [6.07, 6.45) is 2.93. The lowest BCUT2D eigenvalue weighted by Crippen LogP contribution is -2.59. The van der Waals surface area contributed by atoms with Crippen LogP contribution in [0.25, 0.3) is 0 Å². The van der Waals surface area contributed by atoms with Gasteiger partial charge in [-0.15, -0.1) is 0 Å². The Morgan fingerprint density at radius 1 is 1.56 bits per heavy atom. The van der Waals surface area contributed by atoms with Gasteiger partial charge in [-0.1, -0.05) is 6.92 Å². The van der Waals surface area contributed by atoms with Crippen molar-refractivity contribution in [3.05, 3.63) is 0 Å². The summed E-state index contributed by atoms with van der Waals surface area (Å²) in [5, 5.41) is 2.34. The van der Waals surface area contributed by atoms with Crippen molar-refractivity contribution >= 4 is 15.8 Å². The summed E-state index contributed by atoms with van der Waals surface area (Å²) in [6.45, 7) is 2.39. The number of hydrogen-bond donors (Lipinski definition) is 1. The van der Waals surface area contributed by atoms with Gasteiger partial charge < -0.3 is 10.1 Å². The fraction of sp³-hybridized carbons (Fsp3) is 0.900. The molecular weight excluding hydrogens is 230 g/mol. The Balaban J connectivity index is 3.13. The molecule has 0 aliphatic heterocycles. The van der Waals surface area contributed by atoms with Crippen molar-refractivity contribution < 1.29 is 17.9 Å². The Morgan fingerprint density at radius 3 is 2.62 bits per heavy atom. The summed E-state index contributed by atoms with van der Waals surface area (Å²) < 4.78 is 28.1. The van der Waals surface area contributed by atoms with Crippen molar-refractivity contribution in [2.45, 2.75) is 37.0 Å². The summed E-state index contributed by atoms with van der Waals surface area (Å²) in [4.78, 5) is 11.8. The Morgan fingerprint density at radius 2 is 2.19 bits per heavy atom. The molecule has 5 nitrogen and oxygen atoms in total. The lowest BCUT2D eigenvalue weighted by atomic mass is 9.97. The second-order valence-electron chi connectivity index (χ2n) is 4.20. The molecule has 6 heteroatoms. The number of ether oxygens (including phenoxy) is 1.